The van der Waals surface area contributed by atoms with E-state index in [1.807, 2.05) is 41.9 Å². The molecular formula is C14H12N2O. The van der Waals surface area contributed by atoms with Crippen LogP contribution in [0.15, 0.2) is 48.5 Å². The van der Waals surface area contributed by atoms with E-state index < -0.39 is 0 Å². The number of hydrogen-bond acceptors (Lipinski definition) is 2. The zero-order valence-corrected chi connectivity index (χ0v) is 9.46. The molecule has 0 bridgehead atoms. The Balaban J connectivity index is 2.31. The minimum Gasteiger partial charge on any atom is -0.508 e. The summed E-state index contributed by atoms with van der Waals surface area (Å²) >= 11 is 0. The standard InChI is InChI=1S/C14H12N2O/c1-10-13-7-2-3-8-14(13)16(15-10)11-5-4-6-12(17)9-11/h2-9,17H,1H3. The summed E-state index contributed by atoms with van der Waals surface area (Å²) in [4.78, 5) is 0. The molecule has 0 saturated heterocycles. The largest absolute Gasteiger partial charge is 0.508 e. The highest BCUT2D eigenvalue weighted by molar-refractivity contribution is 5.83. The molecule has 3 nitrogen and oxygen atoms in total. The second-order valence-corrected chi connectivity index (χ2v) is 4.03. The molecule has 1 N–H and O–H groups in total. The Morgan fingerprint density at radius 2 is 1.88 bits per heavy atom. The van der Waals surface area contributed by atoms with E-state index in [9.17, 15) is 5.11 Å². The van der Waals surface area contributed by atoms with E-state index in [1.54, 1.807) is 12.1 Å². The molecule has 0 radical (unpaired) electrons. The van der Waals surface area contributed by atoms with Crippen molar-refractivity contribution in [1.82, 2.24) is 9.78 Å². The topological polar surface area (TPSA) is 38.0 Å². The molecule has 0 aliphatic heterocycles. The molecular weight excluding hydrogens is 212 g/mol. The highest BCUT2D eigenvalue weighted by atomic mass is 16.3. The summed E-state index contributed by atoms with van der Waals surface area (Å²) in [6.07, 6.45) is 0. The lowest BCUT2D eigenvalue weighted by atomic mass is 10.2. The summed E-state index contributed by atoms with van der Waals surface area (Å²) < 4.78 is 1.85. The van der Waals surface area contributed by atoms with E-state index >= 15 is 0 Å². The summed E-state index contributed by atoms with van der Waals surface area (Å²) in [6.45, 7) is 1.99. The summed E-state index contributed by atoms with van der Waals surface area (Å²) in [7, 11) is 0. The minimum atomic E-state index is 0.250. The maximum Gasteiger partial charge on any atom is 0.117 e. The van der Waals surface area contributed by atoms with Gasteiger partial charge in [-0.15, -0.1) is 0 Å². The van der Waals surface area contributed by atoms with Gasteiger partial charge in [-0.2, -0.15) is 5.10 Å². The van der Waals surface area contributed by atoms with Gasteiger partial charge in [0.15, 0.2) is 0 Å². The maximum atomic E-state index is 9.51. The number of phenolic OH excluding ortho intramolecular Hbond substituents is 1. The third-order valence-electron chi connectivity index (χ3n) is 2.85. The Bertz CT molecular complexity index is 686. The lowest BCUT2D eigenvalue weighted by Gasteiger charge is -2.03. The zero-order chi connectivity index (χ0) is 11.8. The number of aromatic hydroxyl groups is 1. The third kappa shape index (κ3) is 1.56. The fourth-order valence-electron chi connectivity index (χ4n) is 2.04. The quantitative estimate of drug-likeness (QED) is 0.690. The van der Waals surface area contributed by atoms with Crippen molar-refractivity contribution in [1.29, 1.82) is 0 Å². The second kappa shape index (κ2) is 3.63. The predicted molar refractivity (Wildman–Crippen MR) is 67.5 cm³/mol. The molecule has 84 valence electrons. The van der Waals surface area contributed by atoms with Crippen molar-refractivity contribution in [2.24, 2.45) is 0 Å². The number of aryl methyl sites for hydroxylation is 1. The van der Waals surface area contributed by atoms with E-state index in [1.165, 1.54) is 0 Å². The van der Waals surface area contributed by atoms with Crippen molar-refractivity contribution in [2.45, 2.75) is 6.92 Å². The average Bonchev–Trinajstić information content (AvgIpc) is 2.68. The molecule has 0 aliphatic carbocycles. The van der Waals surface area contributed by atoms with Crippen LogP contribution in [0.3, 0.4) is 0 Å². The van der Waals surface area contributed by atoms with Crippen molar-refractivity contribution in [3.8, 4) is 11.4 Å². The smallest absolute Gasteiger partial charge is 0.117 e. The number of phenols is 1. The van der Waals surface area contributed by atoms with Gasteiger partial charge in [0, 0.05) is 11.5 Å². The van der Waals surface area contributed by atoms with Crippen molar-refractivity contribution in [3.05, 3.63) is 54.2 Å². The van der Waals surface area contributed by atoms with E-state index in [0.717, 1.165) is 22.3 Å². The Morgan fingerprint density at radius 1 is 1.06 bits per heavy atom. The van der Waals surface area contributed by atoms with E-state index in [2.05, 4.69) is 11.2 Å². The second-order valence-electron chi connectivity index (χ2n) is 4.03. The molecule has 1 aromatic heterocycles. The molecule has 3 aromatic rings. The van der Waals surface area contributed by atoms with Crippen LogP contribution in [0.5, 0.6) is 5.75 Å². The number of hydrogen-bond donors (Lipinski definition) is 1. The van der Waals surface area contributed by atoms with E-state index in [4.69, 9.17) is 0 Å². The van der Waals surface area contributed by atoms with Crippen LogP contribution in [0.2, 0.25) is 0 Å². The number of rotatable bonds is 1. The average molecular weight is 224 g/mol. The molecule has 0 amide bonds. The zero-order valence-electron chi connectivity index (χ0n) is 9.46. The highest BCUT2D eigenvalue weighted by Crippen LogP contribution is 2.23. The summed E-state index contributed by atoms with van der Waals surface area (Å²) in [5.41, 5.74) is 2.91. The van der Waals surface area contributed by atoms with Crippen LogP contribution in [0.4, 0.5) is 0 Å². The van der Waals surface area contributed by atoms with Gasteiger partial charge in [0.25, 0.3) is 0 Å². The first-order chi connectivity index (χ1) is 8.25. The fourth-order valence-corrected chi connectivity index (χ4v) is 2.04. The molecule has 0 aliphatic rings. The first-order valence-corrected chi connectivity index (χ1v) is 5.49. The van der Waals surface area contributed by atoms with Crippen molar-refractivity contribution < 1.29 is 5.11 Å². The van der Waals surface area contributed by atoms with E-state index in [0.29, 0.717) is 0 Å². The van der Waals surface area contributed by atoms with Crippen LogP contribution in [-0.2, 0) is 0 Å². The number of nitrogens with zero attached hydrogens (tertiary/aromatic N) is 2. The van der Waals surface area contributed by atoms with E-state index in [-0.39, 0.29) is 5.75 Å². The summed E-state index contributed by atoms with van der Waals surface area (Å²) in [5.74, 6) is 0.250. The van der Waals surface area contributed by atoms with Gasteiger partial charge in [-0.25, -0.2) is 4.68 Å². The third-order valence-corrected chi connectivity index (χ3v) is 2.85. The molecule has 0 fully saturated rings. The van der Waals surface area contributed by atoms with Crippen LogP contribution in [0.1, 0.15) is 5.69 Å². The number of fused-ring (bicyclic) bond motifs is 1. The van der Waals surface area contributed by atoms with Crippen molar-refractivity contribution >= 4 is 10.9 Å². The molecule has 0 unspecified atom stereocenters. The van der Waals surface area contributed by atoms with Gasteiger partial charge >= 0.3 is 0 Å². The molecule has 0 atom stereocenters. The summed E-state index contributed by atoms with van der Waals surface area (Å²) in [5, 5.41) is 15.2. The van der Waals surface area contributed by atoms with Crippen molar-refractivity contribution in [3.63, 3.8) is 0 Å². The van der Waals surface area contributed by atoms with Gasteiger partial charge in [-0.05, 0) is 25.1 Å². The number of aromatic nitrogens is 2. The normalized spacial score (nSPS) is 10.9. The SMILES string of the molecule is Cc1nn(-c2cccc(O)c2)c2ccccc12. The van der Waals surface area contributed by atoms with Gasteiger partial charge < -0.3 is 5.11 Å². The molecule has 3 heteroatoms. The molecule has 0 saturated carbocycles. The first kappa shape index (κ1) is 9.90. The first-order valence-electron chi connectivity index (χ1n) is 5.49. The van der Waals surface area contributed by atoms with Crippen LogP contribution in [-0.4, -0.2) is 14.9 Å². The Hall–Kier alpha value is -2.29. The lowest BCUT2D eigenvalue weighted by molar-refractivity contribution is 0.475. The van der Waals surface area contributed by atoms with Gasteiger partial charge in [0.05, 0.1) is 16.9 Å². The minimum absolute atomic E-state index is 0.250. The van der Waals surface area contributed by atoms with Gasteiger partial charge in [-0.1, -0.05) is 24.3 Å². The monoisotopic (exact) mass is 224 g/mol. The maximum absolute atomic E-state index is 9.51. The van der Waals surface area contributed by atoms with Crippen LogP contribution < -0.4 is 0 Å². The number of para-hydroxylation sites is 1. The Morgan fingerprint density at radius 3 is 2.71 bits per heavy atom. The van der Waals surface area contributed by atoms with Gasteiger partial charge in [-0.3, -0.25) is 0 Å². The summed E-state index contributed by atoms with van der Waals surface area (Å²) in [6, 6.07) is 15.2. The van der Waals surface area contributed by atoms with Crippen LogP contribution in [0.25, 0.3) is 16.6 Å². The molecule has 17 heavy (non-hydrogen) atoms. The fraction of sp³-hybridized carbons (Fsp3) is 0.0714. The molecule has 3 rings (SSSR count). The Labute approximate surface area is 98.9 Å². The van der Waals surface area contributed by atoms with Gasteiger partial charge in [0.2, 0.25) is 0 Å². The molecule has 0 spiro atoms. The highest BCUT2D eigenvalue weighted by Gasteiger charge is 2.07. The van der Waals surface area contributed by atoms with Crippen molar-refractivity contribution in [2.75, 3.05) is 0 Å². The van der Waals surface area contributed by atoms with Crippen LogP contribution >= 0.6 is 0 Å². The van der Waals surface area contributed by atoms with Gasteiger partial charge in [0.1, 0.15) is 5.75 Å². The number of benzene rings is 2. The predicted octanol–water partition coefficient (Wildman–Crippen LogP) is 3.04. The molecule has 1 heterocycles. The Kier molecular flexibility index (Phi) is 2.11. The lowest BCUT2D eigenvalue weighted by Crippen LogP contribution is -1.95. The molecule has 2 aromatic carbocycles. The van der Waals surface area contributed by atoms with Crippen LogP contribution in [0, 0.1) is 6.92 Å².